The number of hydrogen-bond donors (Lipinski definition) is 0. The molecule has 0 radical (unpaired) electrons. The van der Waals surface area contributed by atoms with Crippen LogP contribution in [0.15, 0.2) is 12.1 Å². The van der Waals surface area contributed by atoms with E-state index in [0.29, 0.717) is 3.57 Å². The van der Waals surface area contributed by atoms with Crippen LogP contribution < -0.4 is 4.74 Å². The molecule has 0 N–H and O–H groups in total. The highest BCUT2D eigenvalue weighted by Crippen LogP contribution is 2.34. The molecule has 0 aliphatic heterocycles. The standard InChI is InChI=1S/C11H9IN2O4/c1-6(15)7(2)18-11-9(12)3-8(5-13)4-10(11)14(16)17/h3-4,7H,1-2H3. The van der Waals surface area contributed by atoms with Gasteiger partial charge in [0.25, 0.3) is 0 Å². The first-order chi connectivity index (χ1) is 8.36. The van der Waals surface area contributed by atoms with Gasteiger partial charge in [-0.3, -0.25) is 14.9 Å². The number of carbonyl (C=O) groups excluding carboxylic acids is 1. The molecule has 1 aromatic rings. The number of ketones is 1. The predicted molar refractivity (Wildman–Crippen MR) is 71.3 cm³/mol. The summed E-state index contributed by atoms with van der Waals surface area (Å²) in [5.74, 6) is -0.216. The molecule has 0 spiro atoms. The van der Waals surface area contributed by atoms with Gasteiger partial charge in [-0.15, -0.1) is 0 Å². The van der Waals surface area contributed by atoms with Crippen molar-refractivity contribution in [3.05, 3.63) is 31.4 Å². The number of nitro groups is 1. The van der Waals surface area contributed by atoms with Crippen molar-refractivity contribution in [2.45, 2.75) is 20.0 Å². The Bertz CT molecular complexity index is 551. The normalized spacial score (nSPS) is 11.4. The Balaban J connectivity index is 3.30. The van der Waals surface area contributed by atoms with Crippen LogP contribution in [0.2, 0.25) is 0 Å². The molecule has 1 atom stereocenters. The van der Waals surface area contributed by atoms with Crippen LogP contribution in [0.25, 0.3) is 0 Å². The van der Waals surface area contributed by atoms with Gasteiger partial charge in [-0.25, -0.2) is 0 Å². The summed E-state index contributed by atoms with van der Waals surface area (Å²) in [4.78, 5) is 21.4. The van der Waals surface area contributed by atoms with E-state index in [1.807, 2.05) is 28.7 Å². The van der Waals surface area contributed by atoms with Gasteiger partial charge in [-0.1, -0.05) is 0 Å². The number of ether oxygens (including phenoxy) is 1. The fraction of sp³-hybridized carbons (Fsp3) is 0.273. The summed E-state index contributed by atoms with van der Waals surface area (Å²) in [5, 5.41) is 19.7. The molecule has 0 saturated carbocycles. The Morgan fingerprint density at radius 2 is 2.22 bits per heavy atom. The molecule has 0 heterocycles. The van der Waals surface area contributed by atoms with Gasteiger partial charge in [-0.05, 0) is 42.5 Å². The number of halogens is 1. The van der Waals surface area contributed by atoms with Gasteiger partial charge in [-0.2, -0.15) is 5.26 Å². The summed E-state index contributed by atoms with van der Waals surface area (Å²) in [6, 6.07) is 4.43. The third-order valence-corrected chi connectivity index (χ3v) is 3.02. The number of carbonyl (C=O) groups is 1. The van der Waals surface area contributed by atoms with E-state index >= 15 is 0 Å². The predicted octanol–water partition coefficient (Wildman–Crippen LogP) is 2.43. The van der Waals surface area contributed by atoms with E-state index in [1.54, 1.807) is 0 Å². The van der Waals surface area contributed by atoms with Crippen molar-refractivity contribution >= 4 is 34.1 Å². The van der Waals surface area contributed by atoms with E-state index in [1.165, 1.54) is 19.9 Å². The third kappa shape index (κ3) is 3.16. The van der Waals surface area contributed by atoms with Gasteiger partial charge in [0, 0.05) is 6.07 Å². The smallest absolute Gasteiger partial charge is 0.313 e. The molecule has 0 saturated heterocycles. The summed E-state index contributed by atoms with van der Waals surface area (Å²) in [7, 11) is 0. The van der Waals surface area contributed by atoms with E-state index in [2.05, 4.69) is 0 Å². The zero-order valence-corrected chi connectivity index (χ0v) is 11.8. The van der Waals surface area contributed by atoms with E-state index in [-0.39, 0.29) is 22.8 Å². The molecule has 0 amide bonds. The maximum Gasteiger partial charge on any atom is 0.313 e. The molecule has 94 valence electrons. The maximum atomic E-state index is 11.1. The van der Waals surface area contributed by atoms with Crippen LogP contribution in [0.4, 0.5) is 5.69 Å². The van der Waals surface area contributed by atoms with Crippen molar-refractivity contribution in [3.63, 3.8) is 0 Å². The van der Waals surface area contributed by atoms with Gasteiger partial charge >= 0.3 is 5.69 Å². The summed E-state index contributed by atoms with van der Waals surface area (Å²) in [6.07, 6.45) is -0.773. The second-order valence-corrected chi connectivity index (χ2v) is 4.71. The highest BCUT2D eigenvalue weighted by atomic mass is 127. The van der Waals surface area contributed by atoms with E-state index < -0.39 is 11.0 Å². The van der Waals surface area contributed by atoms with E-state index in [4.69, 9.17) is 10.00 Å². The Kier molecular flexibility index (Phi) is 4.61. The van der Waals surface area contributed by atoms with Crippen LogP contribution in [0, 0.1) is 25.0 Å². The fourth-order valence-corrected chi connectivity index (χ4v) is 1.89. The van der Waals surface area contributed by atoms with Gasteiger partial charge in [0.1, 0.15) is 0 Å². The van der Waals surface area contributed by atoms with E-state index in [9.17, 15) is 14.9 Å². The lowest BCUT2D eigenvalue weighted by atomic mass is 10.2. The quantitative estimate of drug-likeness (QED) is 0.467. The Labute approximate surface area is 117 Å². The number of benzene rings is 1. The minimum Gasteiger partial charge on any atom is -0.475 e. The largest absolute Gasteiger partial charge is 0.475 e. The van der Waals surface area contributed by atoms with Crippen LogP contribution in [0.5, 0.6) is 5.75 Å². The molecule has 0 aliphatic carbocycles. The van der Waals surface area contributed by atoms with Crippen LogP contribution in [0.1, 0.15) is 19.4 Å². The minimum absolute atomic E-state index is 0.0160. The fourth-order valence-electron chi connectivity index (χ4n) is 1.16. The molecule has 0 aromatic heterocycles. The number of nitriles is 1. The molecule has 0 fully saturated rings. The van der Waals surface area contributed by atoms with Crippen molar-refractivity contribution in [1.82, 2.24) is 0 Å². The first-order valence-corrected chi connectivity index (χ1v) is 5.99. The SMILES string of the molecule is CC(=O)C(C)Oc1c(I)cc(C#N)cc1[N+](=O)[O-]. The number of Topliss-reactive ketones (excluding diaryl/α,β-unsaturated/α-hetero) is 1. The average molecular weight is 360 g/mol. The molecule has 18 heavy (non-hydrogen) atoms. The first-order valence-electron chi connectivity index (χ1n) is 4.92. The van der Waals surface area contributed by atoms with Crippen molar-refractivity contribution in [2.75, 3.05) is 0 Å². The second-order valence-electron chi connectivity index (χ2n) is 3.55. The number of hydrogen-bond acceptors (Lipinski definition) is 5. The average Bonchev–Trinajstić information content (AvgIpc) is 2.30. The maximum absolute atomic E-state index is 11.1. The minimum atomic E-state index is -0.773. The lowest BCUT2D eigenvalue weighted by Crippen LogP contribution is -2.21. The first kappa shape index (κ1) is 14.4. The number of nitro benzene ring substituents is 1. The van der Waals surface area contributed by atoms with Crippen LogP contribution in [0.3, 0.4) is 0 Å². The zero-order valence-electron chi connectivity index (χ0n) is 9.64. The van der Waals surface area contributed by atoms with Gasteiger partial charge in [0.15, 0.2) is 11.9 Å². The summed E-state index contributed by atoms with van der Waals surface area (Å²) in [6.45, 7) is 2.85. The zero-order chi connectivity index (χ0) is 13.9. The molecule has 6 nitrogen and oxygen atoms in total. The van der Waals surface area contributed by atoms with Gasteiger partial charge in [0.2, 0.25) is 5.75 Å². The lowest BCUT2D eigenvalue weighted by Gasteiger charge is -2.13. The van der Waals surface area contributed by atoms with Gasteiger partial charge < -0.3 is 4.74 Å². The highest BCUT2D eigenvalue weighted by Gasteiger charge is 2.23. The van der Waals surface area contributed by atoms with E-state index in [0.717, 1.165) is 6.07 Å². The number of nitrogens with zero attached hydrogens (tertiary/aromatic N) is 2. The molecule has 1 aromatic carbocycles. The number of rotatable bonds is 4. The Morgan fingerprint density at radius 3 is 2.67 bits per heavy atom. The molecule has 7 heteroatoms. The van der Waals surface area contributed by atoms with Crippen molar-refractivity contribution in [3.8, 4) is 11.8 Å². The van der Waals surface area contributed by atoms with Crippen molar-refractivity contribution in [1.29, 1.82) is 5.26 Å². The third-order valence-electron chi connectivity index (χ3n) is 2.22. The summed E-state index contributed by atoms with van der Waals surface area (Å²) >= 11 is 1.83. The molecule has 1 unspecified atom stereocenters. The molecular weight excluding hydrogens is 351 g/mol. The molecule has 1 rings (SSSR count). The van der Waals surface area contributed by atoms with Crippen LogP contribution >= 0.6 is 22.6 Å². The highest BCUT2D eigenvalue weighted by molar-refractivity contribution is 14.1. The lowest BCUT2D eigenvalue weighted by molar-refractivity contribution is -0.386. The monoisotopic (exact) mass is 360 g/mol. The van der Waals surface area contributed by atoms with Crippen molar-refractivity contribution in [2.24, 2.45) is 0 Å². The Morgan fingerprint density at radius 1 is 1.61 bits per heavy atom. The van der Waals surface area contributed by atoms with Crippen molar-refractivity contribution < 1.29 is 14.5 Å². The van der Waals surface area contributed by atoms with Crippen LogP contribution in [-0.4, -0.2) is 16.8 Å². The molecular formula is C11H9IN2O4. The van der Waals surface area contributed by atoms with Crippen LogP contribution in [-0.2, 0) is 4.79 Å². The molecule has 0 bridgehead atoms. The Hall–Kier alpha value is -1.69. The topological polar surface area (TPSA) is 93.2 Å². The summed E-state index contributed by atoms with van der Waals surface area (Å²) < 4.78 is 5.71. The summed E-state index contributed by atoms with van der Waals surface area (Å²) in [5.41, 5.74) is -0.138. The van der Waals surface area contributed by atoms with Gasteiger partial charge in [0.05, 0.1) is 20.1 Å². The molecule has 0 aliphatic rings. The second kappa shape index (κ2) is 5.77.